The molecule has 54 valence electrons. The van der Waals surface area contributed by atoms with E-state index in [-0.39, 0.29) is 0 Å². The molecule has 0 aromatic heterocycles. The molecular formula is C8H10BrN. The van der Waals surface area contributed by atoms with Crippen molar-refractivity contribution >= 4 is 15.9 Å². The van der Waals surface area contributed by atoms with Crippen molar-refractivity contribution in [1.82, 2.24) is 5.32 Å². The van der Waals surface area contributed by atoms with E-state index in [2.05, 4.69) is 27.2 Å². The van der Waals surface area contributed by atoms with Crippen LogP contribution in [0.25, 0.3) is 0 Å². The molecule has 1 N–H and O–H groups in total. The predicted molar refractivity (Wildman–Crippen MR) is 48.9 cm³/mol. The van der Waals surface area contributed by atoms with E-state index >= 15 is 0 Å². The Morgan fingerprint density at radius 1 is 1.80 bits per heavy atom. The first-order valence-electron chi connectivity index (χ1n) is 2.93. The molecule has 0 aliphatic heterocycles. The van der Waals surface area contributed by atoms with Crippen LogP contribution in [0.4, 0.5) is 0 Å². The van der Waals surface area contributed by atoms with E-state index in [1.165, 1.54) is 0 Å². The molecule has 0 fully saturated rings. The Hall–Kier alpha value is -0.520. The van der Waals surface area contributed by atoms with Crippen LogP contribution in [0.3, 0.4) is 0 Å². The minimum Gasteiger partial charge on any atom is -0.315 e. The first-order valence-corrected chi connectivity index (χ1v) is 3.72. The molecule has 0 spiro atoms. The van der Waals surface area contributed by atoms with Gasteiger partial charge in [-0.25, -0.2) is 0 Å². The highest BCUT2D eigenvalue weighted by molar-refractivity contribution is 9.11. The van der Waals surface area contributed by atoms with Gasteiger partial charge in [0.05, 0.1) is 0 Å². The molecule has 0 unspecified atom stereocenters. The molecule has 0 saturated carbocycles. The summed E-state index contributed by atoms with van der Waals surface area (Å²) in [5, 5.41) is 2.99. The number of hydrogen-bond acceptors (Lipinski definition) is 1. The highest BCUT2D eigenvalue weighted by atomic mass is 79.9. The van der Waals surface area contributed by atoms with Gasteiger partial charge in [0.2, 0.25) is 0 Å². The van der Waals surface area contributed by atoms with Gasteiger partial charge in [0.1, 0.15) is 0 Å². The molecule has 0 heterocycles. The van der Waals surface area contributed by atoms with E-state index < -0.39 is 0 Å². The molecule has 0 aromatic rings. The van der Waals surface area contributed by atoms with Crippen LogP contribution in [-0.4, -0.2) is 13.6 Å². The molecular weight excluding hydrogens is 190 g/mol. The van der Waals surface area contributed by atoms with E-state index in [1.54, 1.807) is 6.08 Å². The summed E-state index contributed by atoms with van der Waals surface area (Å²) in [4.78, 5) is 0. The average molecular weight is 200 g/mol. The molecule has 1 nitrogen and oxygen atoms in total. The summed E-state index contributed by atoms with van der Waals surface area (Å²) >= 11 is 3.35. The predicted octanol–water partition coefficient (Wildman–Crippen LogP) is 1.67. The van der Waals surface area contributed by atoms with Gasteiger partial charge in [0.15, 0.2) is 0 Å². The minimum atomic E-state index is 0.828. The molecule has 0 aliphatic carbocycles. The number of halogens is 1. The van der Waals surface area contributed by atoms with Gasteiger partial charge in [-0.15, -0.1) is 6.42 Å². The number of terminal acetylenes is 1. The third-order valence-corrected chi connectivity index (χ3v) is 1.36. The molecule has 0 rings (SSSR count). The zero-order valence-corrected chi connectivity index (χ0v) is 7.48. The Labute approximate surface area is 70.3 Å². The lowest BCUT2D eigenvalue weighted by Crippen LogP contribution is -2.06. The maximum atomic E-state index is 4.99. The van der Waals surface area contributed by atoms with Crippen molar-refractivity contribution in [3.05, 3.63) is 22.7 Å². The van der Waals surface area contributed by atoms with Crippen molar-refractivity contribution in [1.29, 1.82) is 0 Å². The molecule has 0 radical (unpaired) electrons. The van der Waals surface area contributed by atoms with Crippen LogP contribution < -0.4 is 5.32 Å². The number of hydrogen-bond donors (Lipinski definition) is 1. The molecule has 0 bridgehead atoms. The number of rotatable bonds is 3. The summed E-state index contributed by atoms with van der Waals surface area (Å²) < 4.78 is 1.08. The quantitative estimate of drug-likeness (QED) is 0.539. The molecule has 0 saturated heterocycles. The standard InChI is InChI=1S/C8H10BrN/c1-3-4-5-6-8(9)7-10-2/h1,4-6,10H,7H2,2H3/b5-4+,8-6+. The summed E-state index contributed by atoms with van der Waals surface area (Å²) in [6.45, 7) is 0.828. The largest absolute Gasteiger partial charge is 0.315 e. The third-order valence-electron chi connectivity index (χ3n) is 0.815. The zero-order valence-electron chi connectivity index (χ0n) is 5.89. The topological polar surface area (TPSA) is 12.0 Å². The highest BCUT2D eigenvalue weighted by Gasteiger charge is 1.82. The van der Waals surface area contributed by atoms with Crippen molar-refractivity contribution in [3.63, 3.8) is 0 Å². The molecule has 0 amide bonds. The van der Waals surface area contributed by atoms with Crippen molar-refractivity contribution in [2.45, 2.75) is 0 Å². The van der Waals surface area contributed by atoms with Gasteiger partial charge < -0.3 is 5.32 Å². The Kier molecular flexibility index (Phi) is 6.25. The monoisotopic (exact) mass is 199 g/mol. The van der Waals surface area contributed by atoms with E-state index in [1.807, 2.05) is 19.2 Å². The second-order valence-electron chi connectivity index (χ2n) is 1.67. The Morgan fingerprint density at radius 2 is 2.50 bits per heavy atom. The summed E-state index contributed by atoms with van der Waals surface area (Å²) in [5.74, 6) is 2.40. The van der Waals surface area contributed by atoms with Crippen molar-refractivity contribution in [3.8, 4) is 12.3 Å². The maximum absolute atomic E-state index is 4.99. The van der Waals surface area contributed by atoms with E-state index in [0.29, 0.717) is 0 Å². The van der Waals surface area contributed by atoms with Crippen LogP contribution >= 0.6 is 15.9 Å². The van der Waals surface area contributed by atoms with E-state index in [9.17, 15) is 0 Å². The van der Waals surface area contributed by atoms with Crippen LogP contribution in [0.2, 0.25) is 0 Å². The van der Waals surface area contributed by atoms with Crippen LogP contribution in [0.15, 0.2) is 22.7 Å². The van der Waals surface area contributed by atoms with Gasteiger partial charge >= 0.3 is 0 Å². The zero-order chi connectivity index (χ0) is 7.82. The summed E-state index contributed by atoms with van der Waals surface area (Å²) in [7, 11) is 1.89. The lowest BCUT2D eigenvalue weighted by atomic mass is 10.4. The fourth-order valence-corrected chi connectivity index (χ4v) is 0.869. The van der Waals surface area contributed by atoms with E-state index in [0.717, 1.165) is 11.0 Å². The lowest BCUT2D eigenvalue weighted by molar-refractivity contribution is 0.913. The summed E-state index contributed by atoms with van der Waals surface area (Å²) in [6.07, 6.45) is 10.4. The Balaban J connectivity index is 3.70. The van der Waals surface area contributed by atoms with E-state index in [4.69, 9.17) is 6.42 Å². The second-order valence-corrected chi connectivity index (χ2v) is 2.69. The average Bonchev–Trinajstić information content (AvgIpc) is 1.89. The first-order chi connectivity index (χ1) is 4.81. The number of nitrogens with one attached hydrogen (secondary N) is 1. The normalized spacial score (nSPS) is 11.9. The molecule has 0 aromatic carbocycles. The van der Waals surface area contributed by atoms with Crippen LogP contribution in [0.5, 0.6) is 0 Å². The Bertz CT molecular complexity index is 174. The smallest absolute Gasteiger partial charge is 0.0268 e. The minimum absolute atomic E-state index is 0.828. The highest BCUT2D eigenvalue weighted by Crippen LogP contribution is 2.01. The SMILES string of the molecule is C#C/C=C/C=C(/Br)CNC. The van der Waals surface area contributed by atoms with Crippen LogP contribution in [0, 0.1) is 12.3 Å². The van der Waals surface area contributed by atoms with Gasteiger partial charge in [-0.3, -0.25) is 0 Å². The summed E-state index contributed by atoms with van der Waals surface area (Å²) in [6, 6.07) is 0. The lowest BCUT2D eigenvalue weighted by Gasteiger charge is -1.92. The molecule has 10 heavy (non-hydrogen) atoms. The first kappa shape index (κ1) is 9.48. The van der Waals surface area contributed by atoms with Gasteiger partial charge in [0.25, 0.3) is 0 Å². The van der Waals surface area contributed by atoms with Gasteiger partial charge in [0, 0.05) is 11.0 Å². The third kappa shape index (κ3) is 5.61. The Morgan fingerprint density at radius 3 is 3.00 bits per heavy atom. The number of likely N-dealkylation sites (N-methyl/N-ethyl adjacent to an activating group) is 1. The maximum Gasteiger partial charge on any atom is 0.0268 e. The van der Waals surface area contributed by atoms with Crippen molar-refractivity contribution in [2.75, 3.05) is 13.6 Å². The number of allylic oxidation sites excluding steroid dienone is 3. The summed E-state index contributed by atoms with van der Waals surface area (Å²) in [5.41, 5.74) is 0. The second kappa shape index (κ2) is 6.60. The van der Waals surface area contributed by atoms with Crippen molar-refractivity contribution < 1.29 is 0 Å². The van der Waals surface area contributed by atoms with Gasteiger partial charge in [-0.2, -0.15) is 0 Å². The van der Waals surface area contributed by atoms with Crippen LogP contribution in [0.1, 0.15) is 0 Å². The molecule has 0 atom stereocenters. The van der Waals surface area contributed by atoms with Crippen LogP contribution in [-0.2, 0) is 0 Å². The molecule has 2 heteroatoms. The fraction of sp³-hybridized carbons (Fsp3) is 0.250. The van der Waals surface area contributed by atoms with Crippen molar-refractivity contribution in [2.24, 2.45) is 0 Å². The van der Waals surface area contributed by atoms with Gasteiger partial charge in [-0.1, -0.05) is 34.0 Å². The molecule has 0 aliphatic rings. The van der Waals surface area contributed by atoms with Gasteiger partial charge in [-0.05, 0) is 13.1 Å². The fourth-order valence-electron chi connectivity index (χ4n) is 0.436.